The second-order valence-corrected chi connectivity index (χ2v) is 2.48. The van der Waals surface area contributed by atoms with Gasteiger partial charge in [-0.2, -0.15) is 0 Å². The van der Waals surface area contributed by atoms with Gasteiger partial charge in [-0.05, 0) is 12.8 Å². The van der Waals surface area contributed by atoms with Crippen molar-refractivity contribution in [1.82, 2.24) is 0 Å². The normalized spacial score (nSPS) is 33.0. The smallest absolute Gasteiger partial charge is 0.0807 e. The molecule has 3 nitrogen and oxygen atoms in total. The molecule has 0 aromatic carbocycles. The van der Waals surface area contributed by atoms with Crippen LogP contribution in [0.1, 0.15) is 12.8 Å². The Kier molecular flexibility index (Phi) is 4.99. The number of hydrogen-bond acceptors (Lipinski definition) is 3. The van der Waals surface area contributed by atoms with Crippen LogP contribution in [-0.2, 0) is 4.74 Å². The highest BCUT2D eigenvalue weighted by Crippen LogP contribution is 2.10. The summed E-state index contributed by atoms with van der Waals surface area (Å²) < 4.78 is 5.16. The fourth-order valence-corrected chi connectivity index (χ4v) is 0.970. The molecule has 4 heteroatoms. The largest absolute Gasteiger partial charge is 0.394 e. The van der Waals surface area contributed by atoms with Crippen molar-refractivity contribution in [1.29, 1.82) is 0 Å². The minimum absolute atomic E-state index is 0. The third-order valence-electron chi connectivity index (χ3n) is 1.61. The van der Waals surface area contributed by atoms with Crippen LogP contribution in [-0.4, -0.2) is 30.5 Å². The van der Waals surface area contributed by atoms with Crippen LogP contribution in [0.4, 0.5) is 0 Å². The summed E-state index contributed by atoms with van der Waals surface area (Å²) >= 11 is 0. The van der Waals surface area contributed by atoms with Gasteiger partial charge in [0.2, 0.25) is 0 Å². The second kappa shape index (κ2) is 4.91. The molecular weight excluding hydrogens is 154 g/mol. The Morgan fingerprint density at radius 1 is 1.50 bits per heavy atom. The molecule has 0 amide bonds. The van der Waals surface area contributed by atoms with Gasteiger partial charge in [0.05, 0.1) is 19.3 Å². The van der Waals surface area contributed by atoms with Gasteiger partial charge in [0.1, 0.15) is 0 Å². The number of hydrogen-bond donors (Lipinski definition) is 2. The highest BCUT2D eigenvalue weighted by molar-refractivity contribution is 5.85. The molecular formula is C6H14ClNO2. The van der Waals surface area contributed by atoms with E-state index in [2.05, 4.69) is 0 Å². The predicted octanol–water partition coefficient (Wildman–Crippen LogP) is -0.0932. The van der Waals surface area contributed by atoms with Crippen molar-refractivity contribution >= 4 is 12.4 Å². The van der Waals surface area contributed by atoms with Gasteiger partial charge in [0.25, 0.3) is 0 Å². The molecule has 3 N–H and O–H groups in total. The zero-order valence-corrected chi connectivity index (χ0v) is 6.64. The van der Waals surface area contributed by atoms with E-state index in [0.717, 1.165) is 12.8 Å². The third-order valence-corrected chi connectivity index (χ3v) is 1.61. The van der Waals surface area contributed by atoms with Crippen molar-refractivity contribution in [3.8, 4) is 0 Å². The molecule has 0 aliphatic carbocycles. The van der Waals surface area contributed by atoms with Crippen molar-refractivity contribution in [3.05, 3.63) is 0 Å². The molecule has 0 unspecified atom stereocenters. The number of halogens is 1. The fraction of sp³-hybridized carbons (Fsp3) is 1.00. The number of ether oxygens (including phenoxy) is 1. The lowest BCUT2D eigenvalue weighted by atomic mass is 10.1. The molecule has 1 fully saturated rings. The molecule has 1 aliphatic heterocycles. The average Bonchev–Trinajstić information content (AvgIpc) is 1.90. The molecule has 10 heavy (non-hydrogen) atoms. The second-order valence-electron chi connectivity index (χ2n) is 2.48. The maximum atomic E-state index is 8.61. The quantitative estimate of drug-likeness (QED) is 0.574. The van der Waals surface area contributed by atoms with Crippen LogP contribution < -0.4 is 5.73 Å². The van der Waals surface area contributed by atoms with Gasteiger partial charge in [0, 0.05) is 6.04 Å². The monoisotopic (exact) mass is 167 g/mol. The molecule has 0 spiro atoms. The van der Waals surface area contributed by atoms with Gasteiger partial charge in [-0.3, -0.25) is 0 Å². The van der Waals surface area contributed by atoms with E-state index in [0.29, 0.717) is 6.61 Å². The van der Waals surface area contributed by atoms with Crippen LogP contribution in [0, 0.1) is 0 Å². The van der Waals surface area contributed by atoms with E-state index in [9.17, 15) is 0 Å². The first-order valence-corrected chi connectivity index (χ1v) is 3.31. The fourth-order valence-electron chi connectivity index (χ4n) is 0.970. The van der Waals surface area contributed by atoms with E-state index in [1.165, 1.54) is 0 Å². The van der Waals surface area contributed by atoms with Crippen molar-refractivity contribution in [2.75, 3.05) is 13.2 Å². The van der Waals surface area contributed by atoms with Crippen molar-refractivity contribution in [3.63, 3.8) is 0 Å². The summed E-state index contributed by atoms with van der Waals surface area (Å²) in [5, 5.41) is 8.61. The maximum absolute atomic E-state index is 8.61. The number of rotatable bonds is 1. The average molecular weight is 168 g/mol. The van der Waals surface area contributed by atoms with Crippen LogP contribution in [0.15, 0.2) is 0 Å². The van der Waals surface area contributed by atoms with Crippen molar-refractivity contribution in [2.24, 2.45) is 5.73 Å². The summed E-state index contributed by atoms with van der Waals surface area (Å²) in [6.45, 7) is 0.734. The van der Waals surface area contributed by atoms with Crippen LogP contribution >= 0.6 is 12.4 Å². The molecule has 0 bridgehead atoms. The van der Waals surface area contributed by atoms with E-state index in [1.54, 1.807) is 0 Å². The molecule has 1 aliphatic rings. The van der Waals surface area contributed by atoms with Gasteiger partial charge in [0.15, 0.2) is 0 Å². The Morgan fingerprint density at radius 2 is 2.20 bits per heavy atom. The summed E-state index contributed by atoms with van der Waals surface area (Å²) in [5.41, 5.74) is 5.55. The van der Waals surface area contributed by atoms with E-state index >= 15 is 0 Å². The summed E-state index contributed by atoms with van der Waals surface area (Å²) in [5.74, 6) is 0. The lowest BCUT2D eigenvalue weighted by Crippen LogP contribution is -2.36. The zero-order chi connectivity index (χ0) is 6.69. The highest BCUT2D eigenvalue weighted by atomic mass is 35.5. The molecule has 0 aromatic heterocycles. The van der Waals surface area contributed by atoms with Gasteiger partial charge >= 0.3 is 0 Å². The van der Waals surface area contributed by atoms with Crippen LogP contribution in [0.3, 0.4) is 0 Å². The minimum atomic E-state index is 0. The number of aliphatic hydroxyl groups excluding tert-OH is 1. The molecule has 0 radical (unpaired) electrons. The first kappa shape index (κ1) is 10.2. The minimum Gasteiger partial charge on any atom is -0.394 e. The molecule has 1 rings (SSSR count). The molecule has 62 valence electrons. The number of nitrogens with two attached hydrogens (primary N) is 1. The van der Waals surface area contributed by atoms with Gasteiger partial charge < -0.3 is 15.6 Å². The zero-order valence-electron chi connectivity index (χ0n) is 5.82. The van der Waals surface area contributed by atoms with E-state index in [4.69, 9.17) is 15.6 Å². The van der Waals surface area contributed by atoms with Crippen molar-refractivity contribution < 1.29 is 9.84 Å². The summed E-state index contributed by atoms with van der Waals surface area (Å²) in [4.78, 5) is 0. The Balaban J connectivity index is 0.000000810. The summed E-state index contributed by atoms with van der Waals surface area (Å²) in [7, 11) is 0. The Labute approximate surface area is 67.0 Å². The lowest BCUT2D eigenvalue weighted by molar-refractivity contribution is -0.0254. The highest BCUT2D eigenvalue weighted by Gasteiger charge is 2.17. The van der Waals surface area contributed by atoms with Gasteiger partial charge in [-0.1, -0.05) is 0 Å². The molecule has 2 atom stereocenters. The van der Waals surface area contributed by atoms with Crippen LogP contribution in [0.2, 0.25) is 0 Å². The van der Waals surface area contributed by atoms with E-state index in [-0.39, 0.29) is 31.2 Å². The van der Waals surface area contributed by atoms with E-state index in [1.807, 2.05) is 0 Å². The lowest BCUT2D eigenvalue weighted by Gasteiger charge is -2.24. The SMILES string of the molecule is Cl.N[C@@H]1CC[C@H](CO)OC1. The van der Waals surface area contributed by atoms with Crippen LogP contribution in [0.5, 0.6) is 0 Å². The Bertz CT molecular complexity index is 83.8. The molecule has 1 saturated heterocycles. The van der Waals surface area contributed by atoms with Gasteiger partial charge in [-0.15, -0.1) is 12.4 Å². The molecule has 1 heterocycles. The molecule has 0 saturated carbocycles. The Hall–Kier alpha value is 0.170. The topological polar surface area (TPSA) is 55.5 Å². The van der Waals surface area contributed by atoms with Crippen LogP contribution in [0.25, 0.3) is 0 Å². The predicted molar refractivity (Wildman–Crippen MR) is 41.3 cm³/mol. The van der Waals surface area contributed by atoms with Crippen molar-refractivity contribution in [2.45, 2.75) is 25.0 Å². The number of aliphatic hydroxyl groups is 1. The first-order chi connectivity index (χ1) is 4.33. The maximum Gasteiger partial charge on any atom is 0.0807 e. The summed E-state index contributed by atoms with van der Waals surface area (Å²) in [6.07, 6.45) is 1.92. The van der Waals surface area contributed by atoms with E-state index < -0.39 is 0 Å². The standard InChI is InChI=1S/C6H13NO2.ClH/c7-5-1-2-6(3-8)9-4-5;/h5-6,8H,1-4,7H2;1H/t5-,6-;/m1./s1. The summed E-state index contributed by atoms with van der Waals surface area (Å²) in [6, 6.07) is 0.188. The third kappa shape index (κ3) is 2.84. The molecule has 0 aromatic rings. The Morgan fingerprint density at radius 3 is 2.60 bits per heavy atom. The van der Waals surface area contributed by atoms with Gasteiger partial charge in [-0.25, -0.2) is 0 Å². The first-order valence-electron chi connectivity index (χ1n) is 3.31.